The Kier molecular flexibility index (Phi) is 11.4. The van der Waals surface area contributed by atoms with Crippen LogP contribution in [0.4, 0.5) is 4.79 Å². The van der Waals surface area contributed by atoms with Crippen LogP contribution in [-0.2, 0) is 14.2 Å². The van der Waals surface area contributed by atoms with Crippen molar-refractivity contribution in [3.8, 4) is 0 Å². The maximum atomic E-state index is 10.7. The zero-order chi connectivity index (χ0) is 15.3. The molecule has 0 aromatic heterocycles. The Balaban J connectivity index is 3.26. The molecular formula is C14H29NO5. The lowest BCUT2D eigenvalue weighted by Crippen LogP contribution is -2.30. The van der Waals surface area contributed by atoms with Crippen LogP contribution in [0, 0.1) is 0 Å². The van der Waals surface area contributed by atoms with Crippen LogP contribution >= 0.6 is 0 Å². The van der Waals surface area contributed by atoms with Gasteiger partial charge in [-0.2, -0.15) is 0 Å². The maximum absolute atomic E-state index is 10.7. The number of amides is 1. The molecule has 0 heterocycles. The van der Waals surface area contributed by atoms with Crippen LogP contribution in [0.15, 0.2) is 0 Å². The molecule has 0 saturated carbocycles. The van der Waals surface area contributed by atoms with Gasteiger partial charge in [-0.25, -0.2) is 4.79 Å². The summed E-state index contributed by atoms with van der Waals surface area (Å²) < 4.78 is 15.5. The van der Waals surface area contributed by atoms with Crippen molar-refractivity contribution in [3.63, 3.8) is 0 Å². The predicted molar refractivity (Wildman–Crippen MR) is 76.6 cm³/mol. The summed E-state index contributed by atoms with van der Waals surface area (Å²) in [6.45, 7) is 5.98. The predicted octanol–water partition coefficient (Wildman–Crippen LogP) is 1.84. The number of ether oxygens (including phenoxy) is 3. The number of carbonyl (C=O) groups is 1. The first-order chi connectivity index (χ1) is 9.48. The number of rotatable bonds is 13. The maximum Gasteiger partial charge on any atom is 0.405 e. The largest absolute Gasteiger partial charge is 0.444 e. The van der Waals surface area contributed by atoms with E-state index in [1.807, 2.05) is 13.8 Å². The highest BCUT2D eigenvalue weighted by Gasteiger charge is 2.20. The van der Waals surface area contributed by atoms with Crippen molar-refractivity contribution in [2.45, 2.75) is 51.6 Å². The highest BCUT2D eigenvalue weighted by atomic mass is 16.6. The molecule has 0 saturated heterocycles. The number of primary amides is 1. The zero-order valence-corrected chi connectivity index (χ0v) is 12.7. The quantitative estimate of drug-likeness (QED) is 0.505. The Morgan fingerprint density at radius 2 is 1.60 bits per heavy atom. The van der Waals surface area contributed by atoms with E-state index in [4.69, 9.17) is 25.1 Å². The van der Waals surface area contributed by atoms with E-state index in [1.54, 1.807) is 0 Å². The molecule has 0 fully saturated rings. The molecule has 120 valence electrons. The molecule has 0 aliphatic heterocycles. The van der Waals surface area contributed by atoms with Gasteiger partial charge in [0.1, 0.15) is 5.60 Å². The molecule has 0 bridgehead atoms. The first kappa shape index (κ1) is 19.1. The van der Waals surface area contributed by atoms with E-state index in [0.29, 0.717) is 19.8 Å². The van der Waals surface area contributed by atoms with Gasteiger partial charge in [0.05, 0.1) is 26.4 Å². The third-order valence-electron chi connectivity index (χ3n) is 2.80. The third kappa shape index (κ3) is 13.6. The van der Waals surface area contributed by atoms with E-state index in [1.165, 1.54) is 0 Å². The second-order valence-corrected chi connectivity index (χ2v) is 5.29. The summed E-state index contributed by atoms with van der Waals surface area (Å²) in [5.74, 6) is 0. The third-order valence-corrected chi connectivity index (χ3v) is 2.80. The monoisotopic (exact) mass is 291 g/mol. The molecule has 0 aromatic carbocycles. The summed E-state index contributed by atoms with van der Waals surface area (Å²) in [6.07, 6.45) is 4.27. The van der Waals surface area contributed by atoms with Gasteiger partial charge in [-0.3, -0.25) is 0 Å². The molecule has 6 heteroatoms. The van der Waals surface area contributed by atoms with Gasteiger partial charge in [0.25, 0.3) is 0 Å². The van der Waals surface area contributed by atoms with Gasteiger partial charge >= 0.3 is 6.09 Å². The van der Waals surface area contributed by atoms with E-state index in [2.05, 4.69) is 0 Å². The standard InChI is InChI=1S/C14H29NO5/c1-14(2,20-13(15)17)7-5-3-4-6-9-18-11-12-19-10-8-16/h16H,3-12H2,1-2H3,(H2,15,17). The topological polar surface area (TPSA) is 91.0 Å². The molecule has 6 nitrogen and oxygen atoms in total. The molecule has 0 aliphatic rings. The van der Waals surface area contributed by atoms with Crippen molar-refractivity contribution in [2.75, 3.05) is 33.0 Å². The van der Waals surface area contributed by atoms with Crippen LogP contribution in [0.25, 0.3) is 0 Å². The van der Waals surface area contributed by atoms with E-state index < -0.39 is 11.7 Å². The lowest BCUT2D eigenvalue weighted by atomic mass is 10.00. The normalized spacial score (nSPS) is 11.6. The average molecular weight is 291 g/mol. The number of hydrogen-bond acceptors (Lipinski definition) is 5. The van der Waals surface area contributed by atoms with Crippen molar-refractivity contribution in [2.24, 2.45) is 5.73 Å². The number of unbranched alkanes of at least 4 members (excludes halogenated alkanes) is 3. The number of hydrogen-bond donors (Lipinski definition) is 2. The Morgan fingerprint density at radius 3 is 2.20 bits per heavy atom. The molecule has 0 rings (SSSR count). The van der Waals surface area contributed by atoms with Gasteiger partial charge in [-0.15, -0.1) is 0 Å². The van der Waals surface area contributed by atoms with Gasteiger partial charge in [0, 0.05) is 6.61 Å². The Bertz CT molecular complexity index is 246. The first-order valence-corrected chi connectivity index (χ1v) is 7.23. The molecule has 0 atom stereocenters. The van der Waals surface area contributed by atoms with Crippen molar-refractivity contribution in [3.05, 3.63) is 0 Å². The van der Waals surface area contributed by atoms with E-state index in [9.17, 15) is 4.79 Å². The van der Waals surface area contributed by atoms with Gasteiger partial charge in [-0.1, -0.05) is 12.8 Å². The molecule has 3 N–H and O–H groups in total. The van der Waals surface area contributed by atoms with Crippen LogP contribution in [0.2, 0.25) is 0 Å². The molecule has 0 radical (unpaired) electrons. The second-order valence-electron chi connectivity index (χ2n) is 5.29. The Morgan fingerprint density at radius 1 is 1.00 bits per heavy atom. The molecule has 0 spiro atoms. The van der Waals surface area contributed by atoms with E-state index in [-0.39, 0.29) is 6.61 Å². The van der Waals surface area contributed by atoms with Crippen molar-refractivity contribution in [1.29, 1.82) is 0 Å². The molecule has 0 aliphatic carbocycles. The summed E-state index contributed by atoms with van der Waals surface area (Å²) in [6, 6.07) is 0. The SMILES string of the molecule is CC(C)(CCCCCCOCCOCCO)OC(N)=O. The van der Waals surface area contributed by atoms with Gasteiger partial charge in [0.2, 0.25) is 0 Å². The Labute approximate surface area is 121 Å². The van der Waals surface area contributed by atoms with Crippen molar-refractivity contribution < 1.29 is 24.1 Å². The highest BCUT2D eigenvalue weighted by molar-refractivity contribution is 5.65. The molecular weight excluding hydrogens is 262 g/mol. The number of aliphatic hydroxyl groups excluding tert-OH is 1. The zero-order valence-electron chi connectivity index (χ0n) is 12.7. The lowest BCUT2D eigenvalue weighted by Gasteiger charge is -2.23. The van der Waals surface area contributed by atoms with E-state index >= 15 is 0 Å². The Hall–Kier alpha value is -0.850. The fraction of sp³-hybridized carbons (Fsp3) is 0.929. The van der Waals surface area contributed by atoms with Gasteiger partial charge < -0.3 is 25.1 Å². The summed E-state index contributed by atoms with van der Waals surface area (Å²) in [7, 11) is 0. The van der Waals surface area contributed by atoms with E-state index in [0.717, 1.165) is 38.7 Å². The van der Waals surface area contributed by atoms with Crippen LogP contribution < -0.4 is 5.73 Å². The van der Waals surface area contributed by atoms with Crippen LogP contribution in [-0.4, -0.2) is 49.8 Å². The summed E-state index contributed by atoms with van der Waals surface area (Å²) in [5.41, 5.74) is 4.53. The highest BCUT2D eigenvalue weighted by Crippen LogP contribution is 2.18. The minimum absolute atomic E-state index is 0.0514. The fourth-order valence-corrected chi connectivity index (χ4v) is 1.82. The van der Waals surface area contributed by atoms with Crippen LogP contribution in [0.1, 0.15) is 46.0 Å². The van der Waals surface area contributed by atoms with Gasteiger partial charge in [-0.05, 0) is 33.1 Å². The number of nitrogens with two attached hydrogens (primary N) is 1. The molecule has 0 aromatic rings. The summed E-state index contributed by atoms with van der Waals surface area (Å²) in [5, 5.41) is 8.49. The first-order valence-electron chi connectivity index (χ1n) is 7.23. The minimum atomic E-state index is -0.716. The smallest absolute Gasteiger partial charge is 0.405 e. The summed E-state index contributed by atoms with van der Waals surface area (Å²) in [4.78, 5) is 10.7. The fourth-order valence-electron chi connectivity index (χ4n) is 1.82. The van der Waals surface area contributed by atoms with Crippen LogP contribution in [0.3, 0.4) is 0 Å². The molecule has 20 heavy (non-hydrogen) atoms. The second kappa shape index (κ2) is 11.9. The number of aliphatic hydroxyl groups is 1. The average Bonchev–Trinajstić information content (AvgIpc) is 2.34. The minimum Gasteiger partial charge on any atom is -0.444 e. The summed E-state index contributed by atoms with van der Waals surface area (Å²) >= 11 is 0. The van der Waals surface area contributed by atoms with Gasteiger partial charge in [0.15, 0.2) is 0 Å². The molecule has 0 unspecified atom stereocenters. The lowest BCUT2D eigenvalue weighted by molar-refractivity contribution is 0.0310. The number of carbonyl (C=O) groups excluding carboxylic acids is 1. The van der Waals surface area contributed by atoms with Crippen molar-refractivity contribution in [1.82, 2.24) is 0 Å². The van der Waals surface area contributed by atoms with Crippen LogP contribution in [0.5, 0.6) is 0 Å². The van der Waals surface area contributed by atoms with Crippen molar-refractivity contribution >= 4 is 6.09 Å². The molecule has 1 amide bonds.